The van der Waals surface area contributed by atoms with Gasteiger partial charge in [-0.1, -0.05) is 13.8 Å². The number of hydrogen-bond acceptors (Lipinski definition) is 4. The van der Waals surface area contributed by atoms with Crippen molar-refractivity contribution >= 4 is 5.82 Å². The number of rotatable bonds is 4. The highest BCUT2D eigenvalue weighted by molar-refractivity contribution is 5.42. The van der Waals surface area contributed by atoms with Gasteiger partial charge < -0.3 is 10.0 Å². The molecule has 1 aliphatic heterocycles. The molecular weight excluding hydrogens is 214 g/mol. The van der Waals surface area contributed by atoms with E-state index < -0.39 is 0 Å². The molecule has 0 radical (unpaired) electrons. The van der Waals surface area contributed by atoms with Crippen molar-refractivity contribution < 1.29 is 5.11 Å². The van der Waals surface area contributed by atoms with Crippen molar-refractivity contribution in [3.05, 3.63) is 18.1 Å². The van der Waals surface area contributed by atoms with Crippen molar-refractivity contribution in [3.63, 3.8) is 0 Å². The number of aliphatic hydroxyl groups is 1. The van der Waals surface area contributed by atoms with Gasteiger partial charge in [-0.2, -0.15) is 0 Å². The molecule has 0 bridgehead atoms. The second-order valence-electron chi connectivity index (χ2n) is 4.96. The molecule has 17 heavy (non-hydrogen) atoms. The summed E-state index contributed by atoms with van der Waals surface area (Å²) in [6, 6.07) is 2.52. The fourth-order valence-electron chi connectivity index (χ4n) is 2.42. The number of hydrogen-bond donors (Lipinski definition) is 1. The smallest absolute Gasteiger partial charge is 0.132 e. The van der Waals surface area contributed by atoms with E-state index in [1.54, 1.807) is 6.33 Å². The fourth-order valence-corrected chi connectivity index (χ4v) is 2.42. The molecule has 1 aliphatic rings. The van der Waals surface area contributed by atoms with E-state index in [2.05, 4.69) is 34.8 Å². The lowest BCUT2D eigenvalue weighted by Crippen LogP contribution is -2.30. The van der Waals surface area contributed by atoms with Crippen LogP contribution >= 0.6 is 0 Å². The summed E-state index contributed by atoms with van der Waals surface area (Å²) in [7, 11) is 0. The van der Waals surface area contributed by atoms with E-state index in [9.17, 15) is 0 Å². The maximum atomic E-state index is 9.07. The minimum Gasteiger partial charge on any atom is -0.396 e. The van der Waals surface area contributed by atoms with Gasteiger partial charge in [0.25, 0.3) is 0 Å². The molecule has 0 saturated carbocycles. The standard InChI is InChI=1S/C13H21N3O/c1-10(2)12-8-13(15-9-14-12)16-6-3-4-11(16)5-7-17/h8-11,17H,3-7H2,1-2H3. The van der Waals surface area contributed by atoms with Crippen LogP contribution in [-0.2, 0) is 0 Å². The van der Waals surface area contributed by atoms with Crippen molar-refractivity contribution in [3.8, 4) is 0 Å². The fraction of sp³-hybridized carbons (Fsp3) is 0.692. The summed E-state index contributed by atoms with van der Waals surface area (Å²) in [5, 5.41) is 9.07. The molecule has 4 nitrogen and oxygen atoms in total. The summed E-state index contributed by atoms with van der Waals surface area (Å²) in [5.41, 5.74) is 1.09. The van der Waals surface area contributed by atoms with Crippen molar-refractivity contribution in [2.75, 3.05) is 18.1 Å². The normalized spacial score (nSPS) is 20.2. The Kier molecular flexibility index (Phi) is 3.94. The van der Waals surface area contributed by atoms with Crippen LogP contribution in [0.25, 0.3) is 0 Å². The Bertz CT molecular complexity index is 367. The average Bonchev–Trinajstić information content (AvgIpc) is 2.78. The van der Waals surface area contributed by atoms with Gasteiger partial charge in [-0.3, -0.25) is 0 Å². The SMILES string of the molecule is CC(C)c1cc(N2CCCC2CCO)ncn1. The second kappa shape index (κ2) is 5.45. The quantitative estimate of drug-likeness (QED) is 0.866. The van der Waals surface area contributed by atoms with Gasteiger partial charge >= 0.3 is 0 Å². The molecule has 1 N–H and O–H groups in total. The minimum atomic E-state index is 0.253. The molecule has 1 aromatic heterocycles. The van der Waals surface area contributed by atoms with Gasteiger partial charge in [0.2, 0.25) is 0 Å². The van der Waals surface area contributed by atoms with E-state index in [1.807, 2.05) is 0 Å². The molecule has 1 aromatic rings. The highest BCUT2D eigenvalue weighted by Crippen LogP contribution is 2.26. The highest BCUT2D eigenvalue weighted by atomic mass is 16.3. The molecule has 0 aromatic carbocycles. The average molecular weight is 235 g/mol. The van der Waals surface area contributed by atoms with Crippen LogP contribution in [0, 0.1) is 0 Å². The lowest BCUT2D eigenvalue weighted by atomic mass is 10.1. The van der Waals surface area contributed by atoms with Gasteiger partial charge in [0.1, 0.15) is 12.1 Å². The summed E-state index contributed by atoms with van der Waals surface area (Å²) in [4.78, 5) is 11.0. The lowest BCUT2D eigenvalue weighted by molar-refractivity contribution is 0.275. The lowest BCUT2D eigenvalue weighted by Gasteiger charge is -2.25. The van der Waals surface area contributed by atoms with E-state index in [0.29, 0.717) is 12.0 Å². The van der Waals surface area contributed by atoms with Crippen LogP contribution in [0.4, 0.5) is 5.82 Å². The molecule has 0 spiro atoms. The molecule has 2 heterocycles. The van der Waals surface area contributed by atoms with Gasteiger partial charge in [-0.05, 0) is 25.2 Å². The van der Waals surface area contributed by atoms with E-state index >= 15 is 0 Å². The number of aromatic nitrogens is 2. The first kappa shape index (κ1) is 12.3. The van der Waals surface area contributed by atoms with Gasteiger partial charge in [0.05, 0.1) is 0 Å². The molecule has 0 amide bonds. The third-order valence-corrected chi connectivity index (χ3v) is 3.40. The molecule has 1 atom stereocenters. The van der Waals surface area contributed by atoms with E-state index in [0.717, 1.165) is 30.9 Å². The summed E-state index contributed by atoms with van der Waals surface area (Å²) in [5.74, 6) is 1.44. The number of anilines is 1. The Morgan fingerprint density at radius 2 is 2.29 bits per heavy atom. The first-order valence-electron chi connectivity index (χ1n) is 6.42. The zero-order valence-electron chi connectivity index (χ0n) is 10.6. The van der Waals surface area contributed by atoms with Crippen molar-refractivity contribution in [2.45, 2.75) is 45.1 Å². The highest BCUT2D eigenvalue weighted by Gasteiger charge is 2.25. The van der Waals surface area contributed by atoms with Crippen molar-refractivity contribution in [2.24, 2.45) is 0 Å². The summed E-state index contributed by atoms with van der Waals surface area (Å²) in [6.45, 7) is 5.57. The van der Waals surface area contributed by atoms with Crippen LogP contribution in [0.3, 0.4) is 0 Å². The predicted molar refractivity (Wildman–Crippen MR) is 68.2 cm³/mol. The predicted octanol–water partition coefficient (Wildman–Crippen LogP) is 1.95. The molecule has 1 saturated heterocycles. The number of nitrogens with zero attached hydrogens (tertiary/aromatic N) is 3. The Morgan fingerprint density at radius 1 is 1.47 bits per heavy atom. The van der Waals surface area contributed by atoms with Gasteiger partial charge in [-0.15, -0.1) is 0 Å². The Morgan fingerprint density at radius 3 is 3.00 bits per heavy atom. The summed E-state index contributed by atoms with van der Waals surface area (Å²) in [6.07, 6.45) is 4.83. The maximum absolute atomic E-state index is 9.07. The van der Waals surface area contributed by atoms with Gasteiger partial charge in [0, 0.05) is 31.0 Å². The van der Waals surface area contributed by atoms with Crippen LogP contribution in [-0.4, -0.2) is 34.3 Å². The molecule has 2 rings (SSSR count). The minimum absolute atomic E-state index is 0.253. The monoisotopic (exact) mass is 235 g/mol. The first-order chi connectivity index (χ1) is 8.22. The van der Waals surface area contributed by atoms with Crippen LogP contribution in [0.15, 0.2) is 12.4 Å². The van der Waals surface area contributed by atoms with Gasteiger partial charge in [-0.25, -0.2) is 9.97 Å². The topological polar surface area (TPSA) is 49.2 Å². The van der Waals surface area contributed by atoms with Crippen LogP contribution in [0.5, 0.6) is 0 Å². The zero-order chi connectivity index (χ0) is 12.3. The van der Waals surface area contributed by atoms with Crippen molar-refractivity contribution in [1.82, 2.24) is 9.97 Å². The third-order valence-electron chi connectivity index (χ3n) is 3.40. The maximum Gasteiger partial charge on any atom is 0.132 e. The van der Waals surface area contributed by atoms with Crippen LogP contribution in [0.1, 0.15) is 44.7 Å². The largest absolute Gasteiger partial charge is 0.396 e. The molecule has 4 heteroatoms. The molecule has 0 aliphatic carbocycles. The van der Waals surface area contributed by atoms with E-state index in [1.165, 1.54) is 6.42 Å². The molecule has 1 unspecified atom stereocenters. The van der Waals surface area contributed by atoms with Crippen LogP contribution in [0.2, 0.25) is 0 Å². The zero-order valence-corrected chi connectivity index (χ0v) is 10.6. The Labute approximate surface area is 103 Å². The van der Waals surface area contributed by atoms with E-state index in [4.69, 9.17) is 5.11 Å². The first-order valence-corrected chi connectivity index (χ1v) is 6.42. The molecular formula is C13H21N3O. The van der Waals surface area contributed by atoms with E-state index in [-0.39, 0.29) is 6.61 Å². The Hall–Kier alpha value is -1.16. The third kappa shape index (κ3) is 2.75. The molecule has 1 fully saturated rings. The second-order valence-corrected chi connectivity index (χ2v) is 4.96. The van der Waals surface area contributed by atoms with Crippen molar-refractivity contribution in [1.29, 1.82) is 0 Å². The summed E-state index contributed by atoms with van der Waals surface area (Å²) < 4.78 is 0. The molecule has 94 valence electrons. The Balaban J connectivity index is 2.18. The summed E-state index contributed by atoms with van der Waals surface area (Å²) >= 11 is 0. The number of aliphatic hydroxyl groups excluding tert-OH is 1. The van der Waals surface area contributed by atoms with Gasteiger partial charge in [0.15, 0.2) is 0 Å². The van der Waals surface area contributed by atoms with Crippen LogP contribution < -0.4 is 4.90 Å².